The molecule has 0 bridgehead atoms. The van der Waals surface area contributed by atoms with Gasteiger partial charge in [0.2, 0.25) is 0 Å². The first-order chi connectivity index (χ1) is 27.7. The van der Waals surface area contributed by atoms with Crippen LogP contribution in [0.3, 0.4) is 0 Å². The number of fused-ring (bicyclic) bond motifs is 6. The Kier molecular flexibility index (Phi) is 8.08. The highest BCUT2D eigenvalue weighted by atomic mass is 16.1. The van der Waals surface area contributed by atoms with Crippen molar-refractivity contribution < 1.29 is 0 Å². The molecular formula is C52H34N2O2. The molecule has 10 aromatic rings. The predicted octanol–water partition coefficient (Wildman–Crippen LogP) is 12.1. The summed E-state index contributed by atoms with van der Waals surface area (Å²) in [7, 11) is 0. The maximum atomic E-state index is 16.1. The highest BCUT2D eigenvalue weighted by molar-refractivity contribution is 6.26. The fourth-order valence-corrected chi connectivity index (χ4v) is 8.37. The summed E-state index contributed by atoms with van der Waals surface area (Å²) >= 11 is 0. The molecule has 0 saturated heterocycles. The molecular weight excluding hydrogens is 685 g/mol. The molecule has 264 valence electrons. The van der Waals surface area contributed by atoms with E-state index in [9.17, 15) is 0 Å². The van der Waals surface area contributed by atoms with Crippen molar-refractivity contribution in [3.8, 4) is 56.1 Å². The molecule has 56 heavy (non-hydrogen) atoms. The Morgan fingerprint density at radius 2 is 0.607 bits per heavy atom. The van der Waals surface area contributed by atoms with E-state index in [0.717, 1.165) is 61.3 Å². The van der Waals surface area contributed by atoms with Crippen LogP contribution in [-0.2, 0) is 0 Å². The monoisotopic (exact) mass is 718 g/mol. The van der Waals surface area contributed by atoms with Gasteiger partial charge < -0.3 is 9.13 Å². The molecule has 0 N–H and O–H groups in total. The Balaban J connectivity index is 1.60. The second-order valence-electron chi connectivity index (χ2n) is 13.9. The fourth-order valence-electron chi connectivity index (χ4n) is 8.37. The van der Waals surface area contributed by atoms with Gasteiger partial charge in [-0.05, 0) is 51.9 Å². The van der Waals surface area contributed by atoms with Crippen molar-refractivity contribution >= 4 is 32.6 Å². The molecule has 0 fully saturated rings. The summed E-state index contributed by atoms with van der Waals surface area (Å²) in [6.45, 7) is 0. The number of rotatable bonds is 6. The second-order valence-corrected chi connectivity index (χ2v) is 13.9. The van der Waals surface area contributed by atoms with Gasteiger partial charge in [0, 0.05) is 16.8 Å². The lowest BCUT2D eigenvalue weighted by molar-refractivity contribution is 1.10. The summed E-state index contributed by atoms with van der Waals surface area (Å²) in [5.41, 5.74) is 8.76. The smallest absolute Gasteiger partial charge is 0.200 e. The van der Waals surface area contributed by atoms with Crippen molar-refractivity contribution in [1.82, 2.24) is 9.13 Å². The van der Waals surface area contributed by atoms with Crippen LogP contribution in [0.15, 0.2) is 216 Å². The van der Waals surface area contributed by atoms with Gasteiger partial charge in [-0.1, -0.05) is 182 Å². The van der Waals surface area contributed by atoms with Crippen LogP contribution in [0, 0.1) is 0 Å². The summed E-state index contributed by atoms with van der Waals surface area (Å²) in [5, 5.41) is 2.56. The third-order valence-electron chi connectivity index (χ3n) is 10.7. The number of nitrogens with zero attached hydrogens (tertiary/aromatic N) is 2. The van der Waals surface area contributed by atoms with Gasteiger partial charge in [0.1, 0.15) is 0 Å². The molecule has 0 radical (unpaired) electrons. The number of benzene rings is 8. The third-order valence-corrected chi connectivity index (χ3v) is 10.7. The van der Waals surface area contributed by atoms with Crippen molar-refractivity contribution in [2.45, 2.75) is 0 Å². The van der Waals surface area contributed by atoms with Gasteiger partial charge in [0.15, 0.2) is 10.9 Å². The zero-order chi connectivity index (χ0) is 37.6. The highest BCUT2D eigenvalue weighted by Gasteiger charge is 2.29. The van der Waals surface area contributed by atoms with E-state index in [1.807, 2.05) is 170 Å². The minimum atomic E-state index is -0.149. The average Bonchev–Trinajstić information content (AvgIpc) is 3.27. The zero-order valence-corrected chi connectivity index (χ0v) is 30.3. The minimum absolute atomic E-state index is 0.130. The van der Waals surface area contributed by atoms with E-state index in [1.54, 1.807) is 0 Å². The third kappa shape index (κ3) is 5.23. The van der Waals surface area contributed by atoms with E-state index in [-0.39, 0.29) is 10.9 Å². The Morgan fingerprint density at radius 3 is 1.04 bits per heavy atom. The molecule has 0 unspecified atom stereocenters. The quantitative estimate of drug-likeness (QED) is 0.161. The van der Waals surface area contributed by atoms with Crippen molar-refractivity contribution in [2.24, 2.45) is 0 Å². The van der Waals surface area contributed by atoms with Gasteiger partial charge in [-0.15, -0.1) is 0 Å². The molecule has 0 atom stereocenters. The fraction of sp³-hybridized carbons (Fsp3) is 0. The zero-order valence-electron chi connectivity index (χ0n) is 30.3. The summed E-state index contributed by atoms with van der Waals surface area (Å²) in [5.74, 6) is 0. The van der Waals surface area contributed by atoms with Crippen LogP contribution in [0.25, 0.3) is 88.7 Å². The van der Waals surface area contributed by atoms with E-state index in [1.165, 1.54) is 0 Å². The van der Waals surface area contributed by atoms with E-state index >= 15 is 9.59 Å². The molecule has 10 rings (SSSR count). The Morgan fingerprint density at radius 1 is 0.286 bits per heavy atom. The van der Waals surface area contributed by atoms with Crippen molar-refractivity contribution in [3.05, 3.63) is 227 Å². The molecule has 0 aliphatic carbocycles. The van der Waals surface area contributed by atoms with Crippen LogP contribution >= 0.6 is 0 Å². The van der Waals surface area contributed by atoms with Gasteiger partial charge >= 0.3 is 0 Å². The molecule has 8 aromatic carbocycles. The van der Waals surface area contributed by atoms with Crippen LogP contribution in [0.5, 0.6) is 0 Å². The lowest BCUT2D eigenvalue weighted by Gasteiger charge is -2.27. The number of hydrogen-bond acceptors (Lipinski definition) is 2. The molecule has 0 saturated carbocycles. The summed E-state index contributed by atoms with van der Waals surface area (Å²) < 4.78 is 4.40. The molecule has 4 heteroatoms. The van der Waals surface area contributed by atoms with Crippen LogP contribution < -0.4 is 10.9 Å². The number of aromatic nitrogens is 2. The van der Waals surface area contributed by atoms with Crippen molar-refractivity contribution in [1.29, 1.82) is 0 Å². The number of pyridine rings is 2. The van der Waals surface area contributed by atoms with Gasteiger partial charge in [0.05, 0.1) is 44.3 Å². The van der Waals surface area contributed by atoms with Gasteiger partial charge in [-0.25, -0.2) is 0 Å². The molecule has 0 aliphatic rings. The lowest BCUT2D eigenvalue weighted by Crippen LogP contribution is -2.21. The lowest BCUT2D eigenvalue weighted by atomic mass is 9.89. The standard InChI is InChI=1S/C52H34N2O2/c55-51-43(35-21-7-1-8-22-35)48(38-27-13-4-14-28-38)54(40-31-17-6-18-32-40)50-45(51)41-33-19-20-34-42(41)49-46(50)52(56)44(36-23-9-2-10-24-36)47(37-25-11-3-12-26-37)53(49)39-29-15-5-16-30-39/h1-34H. The summed E-state index contributed by atoms with van der Waals surface area (Å²) in [6, 6.07) is 68.4. The van der Waals surface area contributed by atoms with E-state index in [4.69, 9.17) is 0 Å². The van der Waals surface area contributed by atoms with E-state index in [2.05, 4.69) is 45.5 Å². The largest absolute Gasteiger partial charge is 0.308 e. The molecule has 2 aromatic heterocycles. The Labute approximate surface area is 323 Å². The van der Waals surface area contributed by atoms with Crippen molar-refractivity contribution in [2.75, 3.05) is 0 Å². The topological polar surface area (TPSA) is 44.0 Å². The van der Waals surface area contributed by atoms with Crippen LogP contribution in [0.1, 0.15) is 0 Å². The maximum absolute atomic E-state index is 16.1. The van der Waals surface area contributed by atoms with Gasteiger partial charge in [0.25, 0.3) is 0 Å². The number of para-hydroxylation sites is 2. The highest BCUT2D eigenvalue weighted by Crippen LogP contribution is 2.44. The van der Waals surface area contributed by atoms with Gasteiger partial charge in [-0.3, -0.25) is 9.59 Å². The molecule has 0 amide bonds. The van der Waals surface area contributed by atoms with Gasteiger partial charge in [-0.2, -0.15) is 0 Å². The SMILES string of the molecule is O=c1c(-c2ccccc2)c(-c2ccccc2)n(-c2ccccc2)c2c1c1ccccc1c1c2c(=O)c(-c2ccccc2)c(-c2ccccc2)n1-c1ccccc1. The molecule has 4 nitrogen and oxygen atoms in total. The summed E-state index contributed by atoms with van der Waals surface area (Å²) in [4.78, 5) is 31.9. The first-order valence-corrected chi connectivity index (χ1v) is 18.8. The van der Waals surface area contributed by atoms with Crippen LogP contribution in [0.2, 0.25) is 0 Å². The van der Waals surface area contributed by atoms with E-state index < -0.39 is 0 Å². The van der Waals surface area contributed by atoms with Crippen LogP contribution in [0.4, 0.5) is 0 Å². The first kappa shape index (κ1) is 33.0. The second kappa shape index (κ2) is 13.7. The van der Waals surface area contributed by atoms with E-state index in [0.29, 0.717) is 27.4 Å². The normalized spacial score (nSPS) is 11.4. The predicted molar refractivity (Wildman–Crippen MR) is 232 cm³/mol. The maximum Gasteiger partial charge on any atom is 0.200 e. The van der Waals surface area contributed by atoms with Crippen LogP contribution in [-0.4, -0.2) is 9.13 Å². The molecule has 0 spiro atoms. The number of hydrogen-bond donors (Lipinski definition) is 0. The first-order valence-electron chi connectivity index (χ1n) is 18.8. The molecule has 2 heterocycles. The molecule has 0 aliphatic heterocycles. The Hall–Kier alpha value is -7.56. The minimum Gasteiger partial charge on any atom is -0.308 e. The van der Waals surface area contributed by atoms with Crippen molar-refractivity contribution in [3.63, 3.8) is 0 Å². The average molecular weight is 719 g/mol. The summed E-state index contributed by atoms with van der Waals surface area (Å²) in [6.07, 6.45) is 0. The Bertz CT molecular complexity index is 3180.